The molecule has 0 atom stereocenters. The molecule has 0 spiro atoms. The van der Waals surface area contributed by atoms with Gasteiger partial charge in [0.15, 0.2) is 0 Å². The second-order valence-corrected chi connectivity index (χ2v) is 6.31. The van der Waals surface area contributed by atoms with Crippen LogP contribution in [0.4, 0.5) is 11.4 Å². The van der Waals surface area contributed by atoms with Gasteiger partial charge in [0, 0.05) is 11.8 Å². The Hall–Kier alpha value is -1.92. The number of sulfonamides is 1. The first kappa shape index (κ1) is 15.5. The zero-order chi connectivity index (χ0) is 15.5. The van der Waals surface area contributed by atoms with Gasteiger partial charge in [0.2, 0.25) is 0 Å². The Bertz CT molecular complexity index is 748. The first-order valence-corrected chi connectivity index (χ1v) is 8.09. The summed E-state index contributed by atoms with van der Waals surface area (Å²) < 4.78 is 32.4. The van der Waals surface area contributed by atoms with Crippen molar-refractivity contribution in [1.82, 2.24) is 0 Å². The molecule has 0 aliphatic heterocycles. The van der Waals surface area contributed by atoms with E-state index in [0.717, 1.165) is 0 Å². The third-order valence-corrected chi connectivity index (χ3v) is 4.51. The molecule has 2 aromatic carbocycles. The molecule has 3 N–H and O–H groups in total. The van der Waals surface area contributed by atoms with Gasteiger partial charge in [-0.15, -0.1) is 0 Å². The third-order valence-electron chi connectivity index (χ3n) is 2.64. The fourth-order valence-corrected chi connectivity index (χ4v) is 3.36. The summed E-state index contributed by atoms with van der Waals surface area (Å²) in [6.07, 6.45) is 0. The van der Waals surface area contributed by atoms with E-state index in [0.29, 0.717) is 23.7 Å². The second-order valence-electron chi connectivity index (χ2n) is 4.26. The molecule has 0 unspecified atom stereocenters. The summed E-state index contributed by atoms with van der Waals surface area (Å²) in [6, 6.07) is 10.9. The molecule has 7 heteroatoms. The average molecular weight is 327 g/mol. The Morgan fingerprint density at radius 1 is 1.24 bits per heavy atom. The first-order chi connectivity index (χ1) is 9.92. The normalized spacial score (nSPS) is 11.1. The molecule has 0 fully saturated rings. The number of ether oxygens (including phenoxy) is 1. The molecule has 0 heterocycles. The maximum absolute atomic E-state index is 12.3. The Kier molecular flexibility index (Phi) is 4.59. The highest BCUT2D eigenvalue weighted by molar-refractivity contribution is 7.92. The van der Waals surface area contributed by atoms with Gasteiger partial charge in [-0.3, -0.25) is 4.72 Å². The lowest BCUT2D eigenvalue weighted by atomic mass is 10.3. The summed E-state index contributed by atoms with van der Waals surface area (Å²) in [5.41, 5.74) is 6.36. The number of nitrogens with two attached hydrogens (primary N) is 1. The molecule has 0 saturated heterocycles. The van der Waals surface area contributed by atoms with E-state index in [1.807, 2.05) is 6.92 Å². The van der Waals surface area contributed by atoms with E-state index < -0.39 is 10.0 Å². The van der Waals surface area contributed by atoms with Crippen LogP contribution in [0.1, 0.15) is 6.92 Å². The van der Waals surface area contributed by atoms with E-state index in [4.69, 9.17) is 22.1 Å². The van der Waals surface area contributed by atoms with Gasteiger partial charge in [-0.05, 0) is 37.3 Å². The minimum absolute atomic E-state index is 0.0276. The Morgan fingerprint density at radius 3 is 2.67 bits per heavy atom. The number of nitrogen functional groups attached to an aromatic ring is 1. The summed E-state index contributed by atoms with van der Waals surface area (Å²) in [5.74, 6) is 0.584. The minimum Gasteiger partial charge on any atom is -0.494 e. The number of halogens is 1. The van der Waals surface area contributed by atoms with Crippen LogP contribution < -0.4 is 15.2 Å². The molecule has 2 rings (SSSR count). The molecule has 0 amide bonds. The summed E-state index contributed by atoms with van der Waals surface area (Å²) in [7, 11) is -3.79. The van der Waals surface area contributed by atoms with Crippen molar-refractivity contribution < 1.29 is 13.2 Å². The maximum atomic E-state index is 12.3. The van der Waals surface area contributed by atoms with Crippen LogP contribution in [0, 0.1) is 0 Å². The van der Waals surface area contributed by atoms with Crippen molar-refractivity contribution in [3.63, 3.8) is 0 Å². The Labute approximate surface area is 128 Å². The molecule has 112 valence electrons. The first-order valence-electron chi connectivity index (χ1n) is 6.23. The summed E-state index contributed by atoms with van der Waals surface area (Å²) in [6.45, 7) is 2.35. The van der Waals surface area contributed by atoms with Crippen molar-refractivity contribution in [2.24, 2.45) is 0 Å². The van der Waals surface area contributed by atoms with Gasteiger partial charge in [0.1, 0.15) is 10.6 Å². The quantitative estimate of drug-likeness (QED) is 0.827. The van der Waals surface area contributed by atoms with E-state index in [1.54, 1.807) is 24.3 Å². The topological polar surface area (TPSA) is 81.4 Å². The lowest BCUT2D eigenvalue weighted by Gasteiger charge is -2.11. The molecule has 0 bridgehead atoms. The van der Waals surface area contributed by atoms with Gasteiger partial charge in [-0.1, -0.05) is 17.7 Å². The Morgan fingerprint density at radius 2 is 2.00 bits per heavy atom. The van der Waals surface area contributed by atoms with Gasteiger partial charge in [-0.2, -0.15) is 0 Å². The average Bonchev–Trinajstić information content (AvgIpc) is 2.38. The van der Waals surface area contributed by atoms with Gasteiger partial charge in [0.25, 0.3) is 10.0 Å². The van der Waals surface area contributed by atoms with Crippen LogP contribution >= 0.6 is 11.6 Å². The van der Waals surface area contributed by atoms with E-state index in [1.165, 1.54) is 18.2 Å². The fraction of sp³-hybridized carbons (Fsp3) is 0.143. The summed E-state index contributed by atoms with van der Waals surface area (Å²) >= 11 is 5.94. The van der Waals surface area contributed by atoms with E-state index in [2.05, 4.69) is 4.72 Å². The van der Waals surface area contributed by atoms with Crippen LogP contribution in [0.2, 0.25) is 5.02 Å². The van der Waals surface area contributed by atoms with Crippen LogP contribution in [-0.2, 0) is 10.0 Å². The number of rotatable bonds is 5. The minimum atomic E-state index is -3.79. The van der Waals surface area contributed by atoms with Crippen molar-refractivity contribution in [2.75, 3.05) is 17.1 Å². The van der Waals surface area contributed by atoms with Gasteiger partial charge >= 0.3 is 0 Å². The van der Waals surface area contributed by atoms with Crippen molar-refractivity contribution in [3.05, 3.63) is 47.5 Å². The lowest BCUT2D eigenvalue weighted by Crippen LogP contribution is -2.13. The standard InChI is InChI=1S/C14H15ClN2O3S/c1-2-20-12-5-3-4-11(9-12)17-21(18,19)14-7-6-10(16)8-13(14)15/h3-9,17H,2,16H2,1H3. The highest BCUT2D eigenvalue weighted by Crippen LogP contribution is 2.26. The predicted molar refractivity (Wildman–Crippen MR) is 84.3 cm³/mol. The summed E-state index contributed by atoms with van der Waals surface area (Å²) in [5, 5.41) is 0.0727. The molecule has 0 aromatic heterocycles. The molecule has 0 saturated carbocycles. The van der Waals surface area contributed by atoms with Crippen molar-refractivity contribution in [2.45, 2.75) is 11.8 Å². The Balaban J connectivity index is 2.31. The molecular weight excluding hydrogens is 312 g/mol. The smallest absolute Gasteiger partial charge is 0.263 e. The molecule has 0 aliphatic carbocycles. The number of hydrogen-bond donors (Lipinski definition) is 2. The van der Waals surface area contributed by atoms with Crippen molar-refractivity contribution in [1.29, 1.82) is 0 Å². The number of benzene rings is 2. The largest absolute Gasteiger partial charge is 0.494 e. The SMILES string of the molecule is CCOc1cccc(NS(=O)(=O)c2ccc(N)cc2Cl)c1. The second kappa shape index (κ2) is 6.24. The number of hydrogen-bond acceptors (Lipinski definition) is 4. The fourth-order valence-electron chi connectivity index (χ4n) is 1.76. The highest BCUT2D eigenvalue weighted by Gasteiger charge is 2.18. The molecule has 0 radical (unpaired) electrons. The summed E-state index contributed by atoms with van der Waals surface area (Å²) in [4.78, 5) is -0.0276. The van der Waals surface area contributed by atoms with Crippen LogP contribution in [0.3, 0.4) is 0 Å². The van der Waals surface area contributed by atoms with E-state index in [9.17, 15) is 8.42 Å². The lowest BCUT2D eigenvalue weighted by molar-refractivity contribution is 0.340. The van der Waals surface area contributed by atoms with Crippen LogP contribution in [-0.4, -0.2) is 15.0 Å². The van der Waals surface area contributed by atoms with Crippen LogP contribution in [0.5, 0.6) is 5.75 Å². The zero-order valence-electron chi connectivity index (χ0n) is 11.3. The van der Waals surface area contributed by atoms with Gasteiger partial charge in [-0.25, -0.2) is 8.42 Å². The zero-order valence-corrected chi connectivity index (χ0v) is 12.9. The van der Waals surface area contributed by atoms with Gasteiger partial charge < -0.3 is 10.5 Å². The predicted octanol–water partition coefficient (Wildman–Crippen LogP) is 3.12. The molecule has 2 aromatic rings. The number of nitrogens with one attached hydrogen (secondary N) is 1. The molecular formula is C14H15ClN2O3S. The molecule has 0 aliphatic rings. The molecule has 5 nitrogen and oxygen atoms in total. The van der Waals surface area contributed by atoms with Crippen LogP contribution in [0.15, 0.2) is 47.4 Å². The maximum Gasteiger partial charge on any atom is 0.263 e. The third kappa shape index (κ3) is 3.80. The monoisotopic (exact) mass is 326 g/mol. The highest BCUT2D eigenvalue weighted by atomic mass is 35.5. The van der Waals surface area contributed by atoms with E-state index >= 15 is 0 Å². The van der Waals surface area contributed by atoms with Crippen molar-refractivity contribution >= 4 is 33.0 Å². The van der Waals surface area contributed by atoms with Crippen molar-refractivity contribution in [3.8, 4) is 5.75 Å². The van der Waals surface area contributed by atoms with Gasteiger partial charge in [0.05, 0.1) is 17.3 Å². The molecule has 21 heavy (non-hydrogen) atoms. The van der Waals surface area contributed by atoms with Crippen LogP contribution in [0.25, 0.3) is 0 Å². The van der Waals surface area contributed by atoms with E-state index in [-0.39, 0.29) is 9.92 Å². The number of anilines is 2.